The lowest BCUT2D eigenvalue weighted by Gasteiger charge is -2.44. The third-order valence-electron chi connectivity index (χ3n) is 4.57. The molecule has 0 bridgehead atoms. The van der Waals surface area contributed by atoms with Gasteiger partial charge >= 0.3 is 12.0 Å². The summed E-state index contributed by atoms with van der Waals surface area (Å²) in [5.41, 5.74) is 4.71. The fourth-order valence-corrected chi connectivity index (χ4v) is 4.61. The molecular formula is C14H21N3O7S. The Labute approximate surface area is 144 Å². The van der Waals surface area contributed by atoms with E-state index in [2.05, 4.69) is 5.32 Å². The highest BCUT2D eigenvalue weighted by atomic mass is 32.2. The number of aliphatic carboxylic acids is 1. The summed E-state index contributed by atoms with van der Waals surface area (Å²) in [6.07, 6.45) is -0.864. The number of nitrogens with two attached hydrogens (primary N) is 1. The van der Waals surface area contributed by atoms with E-state index in [4.69, 9.17) is 5.73 Å². The van der Waals surface area contributed by atoms with E-state index in [0.717, 1.165) is 4.90 Å². The van der Waals surface area contributed by atoms with E-state index in [1.165, 1.54) is 13.8 Å². The monoisotopic (exact) mass is 375 g/mol. The van der Waals surface area contributed by atoms with Crippen LogP contribution in [0.25, 0.3) is 0 Å². The first-order valence-corrected chi connectivity index (χ1v) is 9.40. The van der Waals surface area contributed by atoms with Gasteiger partial charge in [0.2, 0.25) is 5.91 Å². The molecule has 0 aromatic rings. The van der Waals surface area contributed by atoms with E-state index < -0.39 is 56.8 Å². The lowest BCUT2D eigenvalue weighted by molar-refractivity contribution is -0.161. The summed E-state index contributed by atoms with van der Waals surface area (Å²) in [6, 6.07) is -1.40. The number of urea groups is 1. The molecule has 1 saturated heterocycles. The number of rotatable bonds is 7. The highest BCUT2D eigenvalue weighted by Crippen LogP contribution is 2.44. The number of sulfone groups is 1. The topological polar surface area (TPSA) is 167 Å². The molecule has 1 fully saturated rings. The zero-order chi connectivity index (χ0) is 19.1. The van der Waals surface area contributed by atoms with Gasteiger partial charge in [0.05, 0.1) is 29.1 Å². The molecule has 2 heterocycles. The summed E-state index contributed by atoms with van der Waals surface area (Å²) in [4.78, 5) is 35.4. The minimum Gasteiger partial charge on any atom is -0.477 e. The van der Waals surface area contributed by atoms with Crippen LogP contribution >= 0.6 is 0 Å². The van der Waals surface area contributed by atoms with Gasteiger partial charge in [-0.15, -0.1) is 0 Å². The molecular weight excluding hydrogens is 354 g/mol. The van der Waals surface area contributed by atoms with Crippen molar-refractivity contribution < 1.29 is 33.0 Å². The molecule has 2 rings (SSSR count). The van der Waals surface area contributed by atoms with E-state index in [9.17, 15) is 33.0 Å². The highest BCUT2D eigenvalue weighted by molar-refractivity contribution is 7.92. The Balaban J connectivity index is 2.22. The normalized spacial score (nSPS) is 25.2. The molecule has 0 aromatic carbocycles. The number of carbonyl (C=O) groups excluding carboxylic acids is 2. The molecule has 0 radical (unpaired) electrons. The molecule has 0 aromatic heterocycles. The Bertz CT molecular complexity index is 744. The van der Waals surface area contributed by atoms with Crippen LogP contribution in [0.1, 0.15) is 20.3 Å². The van der Waals surface area contributed by atoms with Gasteiger partial charge in [0.1, 0.15) is 5.70 Å². The second-order valence-corrected chi connectivity index (χ2v) is 8.79. The van der Waals surface area contributed by atoms with E-state index in [1.54, 1.807) is 0 Å². The average Bonchev–Trinajstić information content (AvgIpc) is 2.77. The molecule has 4 unspecified atom stereocenters. The molecule has 5 N–H and O–H groups in total. The van der Waals surface area contributed by atoms with Crippen LogP contribution in [0.3, 0.4) is 0 Å². The zero-order valence-electron chi connectivity index (χ0n) is 13.8. The number of carbonyl (C=O) groups is 3. The summed E-state index contributed by atoms with van der Waals surface area (Å²) >= 11 is 0. The van der Waals surface area contributed by atoms with Crippen molar-refractivity contribution in [2.75, 3.05) is 12.3 Å². The number of nitrogens with zero attached hydrogens (tertiary/aromatic N) is 1. The van der Waals surface area contributed by atoms with E-state index in [1.807, 2.05) is 0 Å². The van der Waals surface area contributed by atoms with Crippen LogP contribution in [0.15, 0.2) is 11.3 Å². The maximum atomic E-state index is 12.4. The van der Waals surface area contributed by atoms with Crippen LogP contribution in [0.2, 0.25) is 0 Å². The van der Waals surface area contributed by atoms with Gasteiger partial charge in [-0.2, -0.15) is 0 Å². The number of aliphatic hydroxyl groups is 1. The smallest absolute Gasteiger partial charge is 0.352 e. The molecule has 2 aliphatic rings. The molecule has 0 saturated carbocycles. The van der Waals surface area contributed by atoms with Crippen molar-refractivity contribution in [3.63, 3.8) is 0 Å². The minimum atomic E-state index is -3.77. The molecule has 11 heteroatoms. The standard InChI is InChI=1S/C14H21N3O7S/c1-6(4-16-14(15)22)25(23,24)5-8-3-9-10(7(2)18)12(19)17(9)11(8)13(20)21/h6-7,9-10,18H,3-5H2,1-2H3,(H,20,21)(H3,15,16,22). The molecule has 0 aliphatic carbocycles. The Morgan fingerprint density at radius 2 is 2.00 bits per heavy atom. The van der Waals surface area contributed by atoms with Crippen molar-refractivity contribution in [3.8, 4) is 0 Å². The lowest BCUT2D eigenvalue weighted by Crippen LogP contribution is -2.61. The second kappa shape index (κ2) is 6.64. The number of β-lactam (4-membered cyclic amide) rings is 1. The molecule has 0 spiro atoms. The molecule has 4 atom stereocenters. The van der Waals surface area contributed by atoms with Crippen LogP contribution in [-0.4, -0.2) is 71.1 Å². The lowest BCUT2D eigenvalue weighted by atomic mass is 9.83. The average molecular weight is 375 g/mol. The van der Waals surface area contributed by atoms with Gasteiger partial charge in [-0.25, -0.2) is 18.0 Å². The number of amides is 3. The number of nitrogens with one attached hydrogen (secondary N) is 1. The highest BCUT2D eigenvalue weighted by Gasteiger charge is 2.56. The van der Waals surface area contributed by atoms with Gasteiger partial charge in [0.15, 0.2) is 9.84 Å². The van der Waals surface area contributed by atoms with E-state index in [-0.39, 0.29) is 24.2 Å². The number of fused-ring (bicyclic) bond motifs is 1. The zero-order valence-corrected chi connectivity index (χ0v) is 14.6. The molecule has 10 nitrogen and oxygen atoms in total. The Kier molecular flexibility index (Phi) is 5.09. The SMILES string of the molecule is CC(O)C1C(=O)N2C(C(=O)O)=C(CS(=O)(=O)C(C)CNC(N)=O)CC12. The van der Waals surface area contributed by atoms with Crippen LogP contribution in [0.4, 0.5) is 4.79 Å². The second-order valence-electron chi connectivity index (χ2n) is 6.37. The summed E-state index contributed by atoms with van der Waals surface area (Å²) in [6.45, 7) is 2.61. The first kappa shape index (κ1) is 19.2. The number of aliphatic hydroxyl groups excluding tert-OH is 1. The summed E-state index contributed by atoms with van der Waals surface area (Å²) in [5, 5.41) is 20.3. The van der Waals surface area contributed by atoms with Crippen molar-refractivity contribution in [2.45, 2.75) is 37.7 Å². The van der Waals surface area contributed by atoms with Crippen molar-refractivity contribution in [1.29, 1.82) is 0 Å². The number of carboxylic acid groups (broad SMARTS) is 1. The van der Waals surface area contributed by atoms with Gasteiger partial charge in [-0.3, -0.25) is 4.79 Å². The van der Waals surface area contributed by atoms with Crippen molar-refractivity contribution in [2.24, 2.45) is 11.7 Å². The first-order chi connectivity index (χ1) is 11.5. The van der Waals surface area contributed by atoms with Gasteiger partial charge in [-0.1, -0.05) is 0 Å². The quantitative estimate of drug-likeness (QED) is 0.389. The predicted molar refractivity (Wildman–Crippen MR) is 85.9 cm³/mol. The number of hydrogen-bond donors (Lipinski definition) is 4. The first-order valence-electron chi connectivity index (χ1n) is 7.68. The van der Waals surface area contributed by atoms with E-state index >= 15 is 0 Å². The molecule has 2 aliphatic heterocycles. The third-order valence-corrected chi connectivity index (χ3v) is 6.72. The number of carboxylic acids is 1. The molecule has 25 heavy (non-hydrogen) atoms. The summed E-state index contributed by atoms with van der Waals surface area (Å²) in [7, 11) is -3.77. The van der Waals surface area contributed by atoms with E-state index in [0.29, 0.717) is 0 Å². The maximum Gasteiger partial charge on any atom is 0.352 e. The van der Waals surface area contributed by atoms with Crippen molar-refractivity contribution in [1.82, 2.24) is 10.2 Å². The van der Waals surface area contributed by atoms with Gasteiger partial charge < -0.3 is 26.2 Å². The Hall–Kier alpha value is -2.14. The fraction of sp³-hybridized carbons (Fsp3) is 0.643. The molecule has 140 valence electrons. The van der Waals surface area contributed by atoms with Crippen LogP contribution in [-0.2, 0) is 19.4 Å². The van der Waals surface area contributed by atoms with Crippen LogP contribution in [0.5, 0.6) is 0 Å². The third kappa shape index (κ3) is 3.47. The van der Waals surface area contributed by atoms with Gasteiger partial charge in [0.25, 0.3) is 0 Å². The maximum absolute atomic E-state index is 12.4. The Morgan fingerprint density at radius 3 is 2.48 bits per heavy atom. The van der Waals surface area contributed by atoms with Crippen LogP contribution in [0, 0.1) is 5.92 Å². The fourth-order valence-electron chi connectivity index (χ4n) is 3.25. The predicted octanol–water partition coefficient (Wildman–Crippen LogP) is -1.59. The number of hydrogen-bond acceptors (Lipinski definition) is 6. The summed E-state index contributed by atoms with van der Waals surface area (Å²) in [5.74, 6) is -3.17. The Morgan fingerprint density at radius 1 is 1.40 bits per heavy atom. The van der Waals surface area contributed by atoms with Crippen molar-refractivity contribution in [3.05, 3.63) is 11.3 Å². The van der Waals surface area contributed by atoms with Gasteiger partial charge in [0, 0.05) is 6.54 Å². The molecule has 3 amide bonds. The number of primary amides is 1. The minimum absolute atomic E-state index is 0.0815. The van der Waals surface area contributed by atoms with Crippen LogP contribution < -0.4 is 11.1 Å². The van der Waals surface area contributed by atoms with Gasteiger partial charge in [-0.05, 0) is 25.8 Å². The largest absolute Gasteiger partial charge is 0.477 e. The summed E-state index contributed by atoms with van der Waals surface area (Å²) < 4.78 is 24.9. The van der Waals surface area contributed by atoms with Crippen molar-refractivity contribution >= 4 is 27.7 Å².